The van der Waals surface area contributed by atoms with Crippen LogP contribution in [0.2, 0.25) is 5.02 Å². The van der Waals surface area contributed by atoms with Crippen molar-refractivity contribution in [3.63, 3.8) is 0 Å². The number of carbonyl (C=O) groups is 1. The van der Waals surface area contributed by atoms with Gasteiger partial charge in [0.1, 0.15) is 24.7 Å². The number of fused-ring (bicyclic) bond motifs is 4. The number of piperazine rings is 1. The molecule has 14 heteroatoms. The average molecular weight is 620 g/mol. The van der Waals surface area contributed by atoms with Crippen molar-refractivity contribution in [3.8, 4) is 11.3 Å². The van der Waals surface area contributed by atoms with E-state index in [1.165, 1.54) is 26.9 Å². The molecule has 3 aliphatic heterocycles. The molecular formula is C30H27ClFN7O5. The average Bonchev–Trinajstić information content (AvgIpc) is 3.59. The minimum Gasteiger partial charge on any atom is -0.465 e. The van der Waals surface area contributed by atoms with Crippen LogP contribution in [0.3, 0.4) is 0 Å². The maximum atomic E-state index is 16.6. The molecule has 12 nitrogen and oxygen atoms in total. The Bertz CT molecular complexity index is 1810. The number of likely N-dealkylation sites (tertiary alicyclic amines) is 1. The maximum absolute atomic E-state index is 16.6. The fourth-order valence-electron chi connectivity index (χ4n) is 6.64. The summed E-state index contributed by atoms with van der Waals surface area (Å²) in [6.45, 7) is 1.18. The number of hydroxylamine groups is 2. The number of aromatic nitrogens is 3. The predicted molar refractivity (Wildman–Crippen MR) is 159 cm³/mol. The highest BCUT2D eigenvalue weighted by atomic mass is 35.5. The minimum atomic E-state index is -0.931. The van der Waals surface area contributed by atoms with E-state index in [1.54, 1.807) is 24.5 Å². The van der Waals surface area contributed by atoms with Crippen LogP contribution in [0.5, 0.6) is 0 Å². The number of hydrogen-bond donors (Lipinski definition) is 1. The van der Waals surface area contributed by atoms with Crippen molar-refractivity contribution in [1.82, 2.24) is 29.4 Å². The van der Waals surface area contributed by atoms with E-state index in [0.29, 0.717) is 45.9 Å². The summed E-state index contributed by atoms with van der Waals surface area (Å²) in [6, 6.07) is 10.7. The molecule has 2 atom stereocenters. The zero-order valence-electron chi connectivity index (χ0n) is 23.3. The Labute approximate surface area is 255 Å². The molecule has 2 saturated heterocycles. The topological polar surface area (TPSA) is 130 Å². The molecule has 0 aliphatic carbocycles. The normalized spacial score (nSPS) is 19.3. The van der Waals surface area contributed by atoms with Gasteiger partial charge in [-0.25, -0.2) is 13.8 Å². The van der Waals surface area contributed by atoms with Gasteiger partial charge in [0, 0.05) is 46.4 Å². The van der Waals surface area contributed by atoms with Crippen LogP contribution in [0.1, 0.15) is 24.0 Å². The summed E-state index contributed by atoms with van der Waals surface area (Å²) in [5.41, 5.74) is 2.38. The lowest BCUT2D eigenvalue weighted by molar-refractivity contribution is -0.396. The molecular weight excluding hydrogens is 593 g/mol. The Hall–Kier alpha value is -4.75. The highest BCUT2D eigenvalue weighted by molar-refractivity contribution is 6.36. The van der Waals surface area contributed by atoms with Gasteiger partial charge in [-0.1, -0.05) is 46.9 Å². The van der Waals surface area contributed by atoms with Crippen molar-refractivity contribution in [3.05, 3.63) is 93.3 Å². The summed E-state index contributed by atoms with van der Waals surface area (Å²) >= 11 is 6.56. The van der Waals surface area contributed by atoms with Gasteiger partial charge in [-0.05, 0) is 29.2 Å². The molecule has 2 fully saturated rings. The summed E-state index contributed by atoms with van der Waals surface area (Å²) in [6.07, 6.45) is 6.86. The Kier molecular flexibility index (Phi) is 7.05. The van der Waals surface area contributed by atoms with E-state index in [9.17, 15) is 20.0 Å². The van der Waals surface area contributed by atoms with Crippen molar-refractivity contribution in [2.24, 2.45) is 0 Å². The molecule has 2 unspecified atom stereocenters. The molecule has 3 aliphatic rings. The zero-order chi connectivity index (χ0) is 30.5. The Balaban J connectivity index is 1.25. The molecule has 226 valence electrons. The Morgan fingerprint density at radius 2 is 1.89 bits per heavy atom. The van der Waals surface area contributed by atoms with Crippen molar-refractivity contribution in [2.45, 2.75) is 38.0 Å². The molecule has 4 aromatic rings. The number of rotatable bonds is 7. The number of halogens is 2. The number of benzene rings is 2. The fourth-order valence-corrected chi connectivity index (χ4v) is 6.92. The van der Waals surface area contributed by atoms with Crippen LogP contribution in [0.25, 0.3) is 27.7 Å². The summed E-state index contributed by atoms with van der Waals surface area (Å²) in [5, 5.41) is 24.6. The lowest BCUT2D eigenvalue weighted by Gasteiger charge is -2.43. The number of nitrogens with zero attached hydrogens (tertiary/aromatic N) is 7. The van der Waals surface area contributed by atoms with Gasteiger partial charge in [-0.3, -0.25) is 19.8 Å². The van der Waals surface area contributed by atoms with E-state index in [2.05, 4.69) is 14.9 Å². The third-order valence-electron chi connectivity index (χ3n) is 8.58. The molecule has 1 amide bonds. The van der Waals surface area contributed by atoms with Gasteiger partial charge < -0.3 is 20.1 Å². The van der Waals surface area contributed by atoms with Crippen LogP contribution in [-0.4, -0.2) is 77.3 Å². The fraction of sp³-hybridized carbons (Fsp3) is 0.300. The van der Waals surface area contributed by atoms with Crippen LogP contribution in [0, 0.1) is 15.9 Å². The second-order valence-corrected chi connectivity index (χ2v) is 11.4. The molecule has 5 heterocycles. The first-order valence-corrected chi connectivity index (χ1v) is 14.6. The number of nitro groups is 1. The van der Waals surface area contributed by atoms with E-state index in [4.69, 9.17) is 16.4 Å². The van der Waals surface area contributed by atoms with Crippen LogP contribution in [-0.2, 0) is 17.9 Å². The Morgan fingerprint density at radius 1 is 1.14 bits per heavy atom. The van der Waals surface area contributed by atoms with Gasteiger partial charge in [0.05, 0.1) is 37.1 Å². The Morgan fingerprint density at radius 3 is 2.61 bits per heavy atom. The smallest absolute Gasteiger partial charge is 0.434 e. The first-order valence-electron chi connectivity index (χ1n) is 14.2. The molecule has 2 bridgehead atoms. The lowest BCUT2D eigenvalue weighted by Crippen LogP contribution is -2.55. The largest absolute Gasteiger partial charge is 0.465 e. The first kappa shape index (κ1) is 28.0. The number of amides is 1. The van der Waals surface area contributed by atoms with Gasteiger partial charge in [-0.2, -0.15) is 0 Å². The number of hydrogen-bond acceptors (Lipinski definition) is 8. The van der Waals surface area contributed by atoms with E-state index in [-0.39, 0.29) is 43.4 Å². The SMILES string of the molecule is O=C(O)N1C2CCC1CN(C1=CN(OCCn3ccnc3[N+](=O)[O-])Cc3c1cnc(-c1cccc4cccc(Cl)c14)c3F)C2. The van der Waals surface area contributed by atoms with E-state index >= 15 is 4.39 Å². The van der Waals surface area contributed by atoms with Crippen LogP contribution in [0.4, 0.5) is 15.1 Å². The van der Waals surface area contributed by atoms with Crippen LogP contribution < -0.4 is 0 Å². The van der Waals surface area contributed by atoms with Gasteiger partial charge in [0.2, 0.25) is 0 Å². The minimum absolute atomic E-state index is 0.0622. The first-order chi connectivity index (χ1) is 21.3. The summed E-state index contributed by atoms with van der Waals surface area (Å²) in [5.74, 6) is -0.803. The number of pyridine rings is 1. The zero-order valence-corrected chi connectivity index (χ0v) is 24.1. The van der Waals surface area contributed by atoms with Gasteiger partial charge in [-0.15, -0.1) is 0 Å². The van der Waals surface area contributed by atoms with Crippen molar-refractivity contribution >= 4 is 40.1 Å². The highest BCUT2D eigenvalue weighted by Crippen LogP contribution is 2.40. The molecule has 0 radical (unpaired) electrons. The molecule has 2 aromatic carbocycles. The van der Waals surface area contributed by atoms with E-state index < -0.39 is 16.8 Å². The van der Waals surface area contributed by atoms with E-state index in [1.807, 2.05) is 24.3 Å². The maximum Gasteiger partial charge on any atom is 0.434 e. The van der Waals surface area contributed by atoms with Gasteiger partial charge >= 0.3 is 12.0 Å². The molecule has 7 rings (SSSR count). The second-order valence-electron chi connectivity index (χ2n) is 11.0. The summed E-state index contributed by atoms with van der Waals surface area (Å²) in [4.78, 5) is 40.6. The molecule has 0 saturated carbocycles. The van der Waals surface area contributed by atoms with E-state index in [0.717, 1.165) is 18.2 Å². The highest BCUT2D eigenvalue weighted by Gasteiger charge is 2.44. The molecule has 0 spiro atoms. The summed E-state index contributed by atoms with van der Waals surface area (Å²) < 4.78 is 18.0. The van der Waals surface area contributed by atoms with Crippen molar-refractivity contribution < 1.29 is 24.1 Å². The van der Waals surface area contributed by atoms with Crippen LogP contribution >= 0.6 is 11.6 Å². The molecule has 2 aromatic heterocycles. The van der Waals surface area contributed by atoms with Gasteiger partial charge in [0.15, 0.2) is 5.82 Å². The van der Waals surface area contributed by atoms with Crippen molar-refractivity contribution in [2.75, 3.05) is 19.7 Å². The molecule has 44 heavy (non-hydrogen) atoms. The van der Waals surface area contributed by atoms with Crippen LogP contribution in [0.15, 0.2) is 61.2 Å². The van der Waals surface area contributed by atoms with Crippen molar-refractivity contribution in [1.29, 1.82) is 0 Å². The lowest BCUT2D eigenvalue weighted by atomic mass is 9.96. The standard InChI is InChI=1S/C30H27ClFN7O5/c31-24-6-2-4-18-3-1-5-21(26(18)24)28-27(32)23-16-37(44-12-11-35-10-9-33-29(35)39(42)43)17-25(22(23)13-34-28)36-14-19-7-8-20(15-36)38(19)30(40)41/h1-6,9-10,13,17,19-20H,7-8,11-12,14-16H2,(H,40,41). The third kappa shape index (κ3) is 4.77. The number of imidazole rings is 1. The predicted octanol–water partition coefficient (Wildman–Crippen LogP) is 5.37. The quantitative estimate of drug-likeness (QED) is 0.214. The van der Waals surface area contributed by atoms with Gasteiger partial charge in [0.25, 0.3) is 0 Å². The molecule has 1 N–H and O–H groups in total. The monoisotopic (exact) mass is 619 g/mol. The second kappa shape index (κ2) is 11.1. The third-order valence-corrected chi connectivity index (χ3v) is 8.89. The summed E-state index contributed by atoms with van der Waals surface area (Å²) in [7, 11) is 0. The number of carboxylic acid groups (broad SMARTS) is 1.